The number of phenolic OH excluding ortho intramolecular Hbond substituents is 1. The van der Waals surface area contributed by atoms with E-state index in [-0.39, 0.29) is 11.7 Å². The molecular weight excluding hydrogens is 352 g/mol. The summed E-state index contributed by atoms with van der Waals surface area (Å²) < 4.78 is 5.88. The topological polar surface area (TPSA) is 65.7 Å². The van der Waals surface area contributed by atoms with Crippen LogP contribution in [-0.4, -0.2) is 28.5 Å². The number of hydrogen-bond acceptors (Lipinski definition) is 4. The van der Waals surface area contributed by atoms with Crippen molar-refractivity contribution in [2.45, 2.75) is 45.7 Å². The summed E-state index contributed by atoms with van der Waals surface area (Å²) in [6.07, 6.45) is 3.55. The second-order valence-corrected chi connectivity index (χ2v) is 7.61. The lowest BCUT2D eigenvalue weighted by atomic mass is 9.99. The minimum absolute atomic E-state index is 0.208. The number of benzene rings is 2. The average Bonchev–Trinajstić information content (AvgIpc) is 3.03. The summed E-state index contributed by atoms with van der Waals surface area (Å²) in [5, 5.41) is 14.3. The Kier molecular flexibility index (Phi) is 5.09. The van der Waals surface area contributed by atoms with Crippen LogP contribution in [0.25, 0.3) is 11.0 Å². The number of carbonyl (C=O) groups excluding carboxylic acids is 1. The zero-order chi connectivity index (χ0) is 19.7. The maximum absolute atomic E-state index is 13.1. The number of piperidine rings is 1. The van der Waals surface area contributed by atoms with E-state index < -0.39 is 0 Å². The fourth-order valence-electron chi connectivity index (χ4n) is 4.11. The van der Waals surface area contributed by atoms with Gasteiger partial charge in [-0.05, 0) is 57.5 Å². The Balaban J connectivity index is 1.75. The third-order valence-corrected chi connectivity index (χ3v) is 5.68. The second-order valence-electron chi connectivity index (χ2n) is 7.61. The molecule has 0 spiro atoms. The number of anilines is 1. The van der Waals surface area contributed by atoms with Crippen molar-refractivity contribution in [2.24, 2.45) is 0 Å². The summed E-state index contributed by atoms with van der Waals surface area (Å²) in [5.41, 5.74) is 2.62. The molecule has 5 heteroatoms. The first kappa shape index (κ1) is 18.6. The van der Waals surface area contributed by atoms with E-state index in [0.29, 0.717) is 34.9 Å². The van der Waals surface area contributed by atoms with Crippen molar-refractivity contribution in [3.05, 3.63) is 59.4 Å². The number of rotatable bonds is 4. The van der Waals surface area contributed by atoms with Crippen LogP contribution in [0.1, 0.15) is 47.9 Å². The molecule has 1 aromatic heterocycles. The molecule has 0 bridgehead atoms. The molecule has 1 saturated heterocycles. The van der Waals surface area contributed by atoms with Gasteiger partial charge in [0.2, 0.25) is 0 Å². The summed E-state index contributed by atoms with van der Waals surface area (Å²) in [4.78, 5) is 15.4. The zero-order valence-corrected chi connectivity index (χ0v) is 16.4. The highest BCUT2D eigenvalue weighted by molar-refractivity contribution is 6.14. The van der Waals surface area contributed by atoms with Crippen LogP contribution in [0.15, 0.2) is 46.9 Å². The lowest BCUT2D eigenvalue weighted by Gasteiger charge is -2.33. The van der Waals surface area contributed by atoms with E-state index in [1.165, 1.54) is 6.42 Å². The Morgan fingerprint density at radius 1 is 1.21 bits per heavy atom. The third kappa shape index (κ3) is 3.50. The largest absolute Gasteiger partial charge is 0.508 e. The molecule has 4 rings (SSSR count). The van der Waals surface area contributed by atoms with Gasteiger partial charge in [0.15, 0.2) is 0 Å². The molecule has 1 amide bonds. The lowest BCUT2D eigenvalue weighted by molar-refractivity contribution is 0.102. The first-order valence-electron chi connectivity index (χ1n) is 9.89. The number of aryl methyl sites for hydroxylation is 1. The number of likely N-dealkylation sites (tertiary alicyclic amines) is 1. The molecule has 5 nitrogen and oxygen atoms in total. The van der Waals surface area contributed by atoms with E-state index in [1.807, 2.05) is 30.3 Å². The fourth-order valence-corrected chi connectivity index (χ4v) is 4.11. The summed E-state index contributed by atoms with van der Waals surface area (Å²) in [5.74, 6) is 0.544. The molecule has 3 aromatic rings. The van der Waals surface area contributed by atoms with Gasteiger partial charge in [-0.25, -0.2) is 0 Å². The SMILES string of the molecule is Cc1oc2ccc(O)c(CN3CCCC[C@@H]3C)c2c1C(=O)Nc1ccccc1. The average molecular weight is 378 g/mol. The quantitative estimate of drug-likeness (QED) is 0.665. The van der Waals surface area contributed by atoms with Crippen LogP contribution in [0.5, 0.6) is 5.75 Å². The van der Waals surface area contributed by atoms with E-state index in [2.05, 4.69) is 17.1 Å². The van der Waals surface area contributed by atoms with Crippen LogP contribution in [0.4, 0.5) is 5.69 Å². The second kappa shape index (κ2) is 7.68. The number of furan rings is 1. The fraction of sp³-hybridized carbons (Fsp3) is 0.348. The van der Waals surface area contributed by atoms with Gasteiger partial charge in [-0.2, -0.15) is 0 Å². The van der Waals surface area contributed by atoms with Crippen molar-refractivity contribution >= 4 is 22.6 Å². The van der Waals surface area contributed by atoms with Crippen molar-refractivity contribution in [2.75, 3.05) is 11.9 Å². The van der Waals surface area contributed by atoms with Gasteiger partial charge in [0, 0.05) is 29.2 Å². The van der Waals surface area contributed by atoms with Crippen LogP contribution >= 0.6 is 0 Å². The van der Waals surface area contributed by atoms with E-state index in [0.717, 1.165) is 30.6 Å². The molecule has 2 N–H and O–H groups in total. The predicted molar refractivity (Wildman–Crippen MR) is 111 cm³/mol. The smallest absolute Gasteiger partial charge is 0.259 e. The third-order valence-electron chi connectivity index (χ3n) is 5.68. The minimum atomic E-state index is -0.221. The van der Waals surface area contributed by atoms with Crippen molar-refractivity contribution < 1.29 is 14.3 Å². The van der Waals surface area contributed by atoms with Gasteiger partial charge in [-0.15, -0.1) is 0 Å². The van der Waals surface area contributed by atoms with Crippen molar-refractivity contribution in [3.63, 3.8) is 0 Å². The van der Waals surface area contributed by atoms with Crippen molar-refractivity contribution in [1.29, 1.82) is 0 Å². The highest BCUT2D eigenvalue weighted by Gasteiger charge is 2.26. The van der Waals surface area contributed by atoms with E-state index in [4.69, 9.17) is 4.42 Å². The summed E-state index contributed by atoms with van der Waals surface area (Å²) >= 11 is 0. The Labute approximate surface area is 165 Å². The molecule has 0 aliphatic carbocycles. The standard InChI is InChI=1S/C23H26N2O3/c1-15-8-6-7-13-25(15)14-18-19(26)11-12-20-22(18)21(16(2)28-20)23(27)24-17-9-4-3-5-10-17/h3-5,9-12,15,26H,6-8,13-14H2,1-2H3,(H,24,27)/t15-/m0/s1. The van der Waals surface area contributed by atoms with Crippen LogP contribution in [0, 0.1) is 6.92 Å². The van der Waals surface area contributed by atoms with Gasteiger partial charge in [-0.3, -0.25) is 9.69 Å². The van der Waals surface area contributed by atoms with E-state index >= 15 is 0 Å². The molecule has 146 valence electrons. The first-order valence-corrected chi connectivity index (χ1v) is 9.89. The maximum Gasteiger partial charge on any atom is 0.259 e. The summed E-state index contributed by atoms with van der Waals surface area (Å²) in [6, 6.07) is 13.2. The van der Waals surface area contributed by atoms with Crippen molar-refractivity contribution in [1.82, 2.24) is 4.90 Å². The van der Waals surface area contributed by atoms with E-state index in [9.17, 15) is 9.90 Å². The number of phenols is 1. The number of nitrogens with one attached hydrogen (secondary N) is 1. The van der Waals surface area contributed by atoms with Crippen LogP contribution < -0.4 is 5.32 Å². The summed E-state index contributed by atoms with van der Waals surface area (Å²) in [7, 11) is 0. The highest BCUT2D eigenvalue weighted by atomic mass is 16.3. The Hall–Kier alpha value is -2.79. The predicted octanol–water partition coefficient (Wildman–Crippen LogP) is 5.07. The molecule has 1 aliphatic heterocycles. The Morgan fingerprint density at radius 3 is 2.75 bits per heavy atom. The number of amides is 1. The van der Waals surface area contributed by atoms with E-state index in [1.54, 1.807) is 19.1 Å². The normalized spacial score (nSPS) is 17.7. The molecule has 0 unspecified atom stereocenters. The zero-order valence-electron chi connectivity index (χ0n) is 16.4. The number of fused-ring (bicyclic) bond motifs is 1. The van der Waals surface area contributed by atoms with Gasteiger partial charge in [0.05, 0.1) is 5.56 Å². The molecule has 2 aromatic carbocycles. The number of para-hydroxylation sites is 1. The first-order chi connectivity index (χ1) is 13.5. The molecule has 0 saturated carbocycles. The van der Waals surface area contributed by atoms with Crippen LogP contribution in [-0.2, 0) is 6.54 Å². The van der Waals surface area contributed by atoms with Crippen LogP contribution in [0.2, 0.25) is 0 Å². The van der Waals surface area contributed by atoms with Crippen LogP contribution in [0.3, 0.4) is 0 Å². The van der Waals surface area contributed by atoms with Gasteiger partial charge < -0.3 is 14.8 Å². The number of aromatic hydroxyl groups is 1. The number of nitrogens with zero attached hydrogens (tertiary/aromatic N) is 1. The highest BCUT2D eigenvalue weighted by Crippen LogP contribution is 2.36. The van der Waals surface area contributed by atoms with Gasteiger partial charge in [0.1, 0.15) is 17.1 Å². The summed E-state index contributed by atoms with van der Waals surface area (Å²) in [6.45, 7) is 5.62. The van der Waals surface area contributed by atoms with Gasteiger partial charge in [0.25, 0.3) is 5.91 Å². The monoisotopic (exact) mass is 378 g/mol. The number of hydrogen-bond donors (Lipinski definition) is 2. The number of carbonyl (C=O) groups is 1. The van der Waals surface area contributed by atoms with Gasteiger partial charge in [-0.1, -0.05) is 24.6 Å². The minimum Gasteiger partial charge on any atom is -0.508 e. The molecular formula is C23H26N2O3. The Morgan fingerprint density at radius 2 is 2.00 bits per heavy atom. The van der Waals surface area contributed by atoms with Crippen molar-refractivity contribution in [3.8, 4) is 5.75 Å². The molecule has 0 radical (unpaired) electrons. The van der Waals surface area contributed by atoms with Gasteiger partial charge >= 0.3 is 0 Å². The Bertz CT molecular complexity index is 994. The molecule has 28 heavy (non-hydrogen) atoms. The lowest BCUT2D eigenvalue weighted by Crippen LogP contribution is -2.36. The molecule has 2 heterocycles. The molecule has 1 aliphatic rings. The molecule has 1 atom stereocenters. The molecule has 1 fully saturated rings. The maximum atomic E-state index is 13.1.